The van der Waals surface area contributed by atoms with E-state index >= 15 is 0 Å². The fourth-order valence-corrected chi connectivity index (χ4v) is 2.70. The van der Waals surface area contributed by atoms with E-state index < -0.39 is 0 Å². The highest BCUT2D eigenvalue weighted by Crippen LogP contribution is 2.23. The Kier molecular flexibility index (Phi) is 5.68. The van der Waals surface area contributed by atoms with Gasteiger partial charge in [-0.25, -0.2) is 9.97 Å². The van der Waals surface area contributed by atoms with Gasteiger partial charge in [-0.1, -0.05) is 39.0 Å². The van der Waals surface area contributed by atoms with Crippen LogP contribution in [0, 0.1) is 6.92 Å². The van der Waals surface area contributed by atoms with Crippen LogP contribution in [0.1, 0.15) is 48.1 Å². The van der Waals surface area contributed by atoms with Gasteiger partial charge in [-0.15, -0.1) is 0 Å². The first kappa shape index (κ1) is 19.5. The van der Waals surface area contributed by atoms with Crippen LogP contribution in [0.15, 0.2) is 54.9 Å². The molecule has 6 nitrogen and oxygen atoms in total. The van der Waals surface area contributed by atoms with Crippen LogP contribution in [0.2, 0.25) is 0 Å². The van der Waals surface area contributed by atoms with E-state index in [1.807, 2.05) is 43.3 Å². The Balaban J connectivity index is 1.70. The highest BCUT2D eigenvalue weighted by Gasteiger charge is 2.14. The number of nitrogens with zero attached hydrogens (tertiary/aromatic N) is 3. The molecule has 1 amide bonds. The second-order valence-corrected chi connectivity index (χ2v) is 7.71. The SMILES string of the molecule is Cc1cc(C(=O)Nc2ccc(C(C)(C)C)cc2)nc(NCc2cccnc2)n1. The molecule has 0 fully saturated rings. The maximum Gasteiger partial charge on any atom is 0.274 e. The number of hydrogen-bond acceptors (Lipinski definition) is 5. The van der Waals surface area contributed by atoms with Gasteiger partial charge < -0.3 is 10.6 Å². The minimum absolute atomic E-state index is 0.0706. The average molecular weight is 375 g/mol. The van der Waals surface area contributed by atoms with E-state index in [2.05, 4.69) is 46.4 Å². The highest BCUT2D eigenvalue weighted by molar-refractivity contribution is 6.03. The number of nitrogens with one attached hydrogen (secondary N) is 2. The second kappa shape index (κ2) is 8.17. The molecule has 0 saturated heterocycles. The summed E-state index contributed by atoms with van der Waals surface area (Å²) in [7, 11) is 0. The van der Waals surface area contributed by atoms with Crippen LogP contribution < -0.4 is 10.6 Å². The highest BCUT2D eigenvalue weighted by atomic mass is 16.1. The van der Waals surface area contributed by atoms with Gasteiger partial charge in [0.2, 0.25) is 5.95 Å². The Morgan fingerprint density at radius 2 is 1.82 bits per heavy atom. The van der Waals surface area contributed by atoms with Crippen molar-refractivity contribution in [3.05, 3.63) is 77.4 Å². The van der Waals surface area contributed by atoms with Crippen LogP contribution in [-0.4, -0.2) is 20.9 Å². The van der Waals surface area contributed by atoms with E-state index in [9.17, 15) is 4.79 Å². The van der Waals surface area contributed by atoms with Gasteiger partial charge in [0.15, 0.2) is 0 Å². The van der Waals surface area contributed by atoms with Crippen molar-refractivity contribution < 1.29 is 4.79 Å². The molecule has 0 saturated carbocycles. The zero-order valence-electron chi connectivity index (χ0n) is 16.7. The third-order valence-corrected chi connectivity index (χ3v) is 4.27. The summed E-state index contributed by atoms with van der Waals surface area (Å²) in [6.45, 7) is 8.84. The molecule has 0 aliphatic heterocycles. The molecule has 0 bridgehead atoms. The number of pyridine rings is 1. The quantitative estimate of drug-likeness (QED) is 0.693. The van der Waals surface area contributed by atoms with E-state index in [-0.39, 0.29) is 11.3 Å². The zero-order chi connectivity index (χ0) is 20.1. The molecule has 0 unspecified atom stereocenters. The molecule has 2 aromatic heterocycles. The van der Waals surface area contributed by atoms with Gasteiger partial charge >= 0.3 is 0 Å². The van der Waals surface area contributed by atoms with Crippen molar-refractivity contribution in [3.63, 3.8) is 0 Å². The Morgan fingerprint density at radius 3 is 2.46 bits per heavy atom. The summed E-state index contributed by atoms with van der Waals surface area (Å²) in [5.74, 6) is 0.149. The molecule has 1 aromatic carbocycles. The summed E-state index contributed by atoms with van der Waals surface area (Å²) in [6.07, 6.45) is 3.50. The summed E-state index contributed by atoms with van der Waals surface area (Å²) in [6, 6.07) is 13.4. The van der Waals surface area contributed by atoms with Gasteiger partial charge in [-0.2, -0.15) is 0 Å². The molecular weight excluding hydrogens is 350 g/mol. The summed E-state index contributed by atoms with van der Waals surface area (Å²) < 4.78 is 0. The van der Waals surface area contributed by atoms with Crippen molar-refractivity contribution in [3.8, 4) is 0 Å². The molecule has 0 radical (unpaired) electrons. The molecule has 28 heavy (non-hydrogen) atoms. The minimum Gasteiger partial charge on any atom is -0.350 e. The summed E-state index contributed by atoms with van der Waals surface area (Å²) in [4.78, 5) is 25.4. The maximum absolute atomic E-state index is 12.6. The van der Waals surface area contributed by atoms with Gasteiger partial charge in [-0.3, -0.25) is 9.78 Å². The fraction of sp³-hybridized carbons (Fsp3) is 0.273. The van der Waals surface area contributed by atoms with Crippen LogP contribution >= 0.6 is 0 Å². The molecule has 0 atom stereocenters. The van der Waals surface area contributed by atoms with Crippen LogP contribution in [0.25, 0.3) is 0 Å². The topological polar surface area (TPSA) is 79.8 Å². The molecule has 0 aliphatic rings. The van der Waals surface area contributed by atoms with Crippen molar-refractivity contribution in [1.29, 1.82) is 0 Å². The fourth-order valence-electron chi connectivity index (χ4n) is 2.70. The lowest BCUT2D eigenvalue weighted by molar-refractivity contribution is 0.102. The van der Waals surface area contributed by atoms with E-state index in [0.717, 1.165) is 16.9 Å². The molecule has 3 rings (SSSR count). The zero-order valence-corrected chi connectivity index (χ0v) is 16.7. The lowest BCUT2D eigenvalue weighted by Crippen LogP contribution is -2.16. The molecule has 6 heteroatoms. The summed E-state index contributed by atoms with van der Waals surface area (Å²) in [5.41, 5.74) is 4.07. The third-order valence-electron chi connectivity index (χ3n) is 4.27. The number of carbonyl (C=O) groups is 1. The van der Waals surface area contributed by atoms with Crippen LogP contribution in [0.4, 0.5) is 11.6 Å². The van der Waals surface area contributed by atoms with E-state index in [4.69, 9.17) is 0 Å². The number of hydrogen-bond donors (Lipinski definition) is 2. The van der Waals surface area contributed by atoms with Gasteiger partial charge in [-0.05, 0) is 47.7 Å². The predicted octanol–water partition coefficient (Wildman–Crippen LogP) is 4.34. The van der Waals surface area contributed by atoms with E-state index in [1.54, 1.807) is 18.5 Å². The molecular formula is C22H25N5O. The molecule has 3 aromatic rings. The Morgan fingerprint density at radius 1 is 1.07 bits per heavy atom. The summed E-state index contributed by atoms with van der Waals surface area (Å²) >= 11 is 0. The number of aromatic nitrogens is 3. The molecule has 0 spiro atoms. The van der Waals surface area contributed by atoms with Gasteiger partial charge in [0.05, 0.1) is 0 Å². The van der Waals surface area contributed by atoms with Gasteiger partial charge in [0, 0.05) is 30.3 Å². The van der Waals surface area contributed by atoms with Crippen LogP contribution in [0.3, 0.4) is 0 Å². The number of carbonyl (C=O) groups excluding carboxylic acids is 1. The normalized spacial score (nSPS) is 11.1. The first-order chi connectivity index (χ1) is 13.3. The van der Waals surface area contributed by atoms with Gasteiger partial charge in [0.25, 0.3) is 5.91 Å². The van der Waals surface area contributed by atoms with Crippen molar-refractivity contribution in [2.75, 3.05) is 10.6 Å². The van der Waals surface area contributed by atoms with E-state index in [0.29, 0.717) is 18.2 Å². The third kappa shape index (κ3) is 5.13. The van der Waals surface area contributed by atoms with Crippen molar-refractivity contribution in [1.82, 2.24) is 15.0 Å². The van der Waals surface area contributed by atoms with E-state index in [1.165, 1.54) is 5.56 Å². The lowest BCUT2D eigenvalue weighted by atomic mass is 9.87. The molecule has 2 heterocycles. The smallest absolute Gasteiger partial charge is 0.274 e. The Bertz CT molecular complexity index is 947. The number of benzene rings is 1. The Hall–Kier alpha value is -3.28. The van der Waals surface area contributed by atoms with Gasteiger partial charge in [0.1, 0.15) is 5.69 Å². The number of anilines is 2. The number of amides is 1. The molecule has 0 aliphatic carbocycles. The van der Waals surface area contributed by atoms with Crippen molar-refractivity contribution in [2.45, 2.75) is 39.7 Å². The molecule has 144 valence electrons. The predicted molar refractivity (Wildman–Crippen MR) is 111 cm³/mol. The largest absolute Gasteiger partial charge is 0.350 e. The first-order valence-electron chi connectivity index (χ1n) is 9.21. The lowest BCUT2D eigenvalue weighted by Gasteiger charge is -2.19. The number of rotatable bonds is 5. The second-order valence-electron chi connectivity index (χ2n) is 7.71. The van der Waals surface area contributed by atoms with Crippen molar-refractivity contribution >= 4 is 17.5 Å². The van der Waals surface area contributed by atoms with Crippen LogP contribution in [-0.2, 0) is 12.0 Å². The number of aryl methyl sites for hydroxylation is 1. The monoisotopic (exact) mass is 375 g/mol. The maximum atomic E-state index is 12.6. The summed E-state index contributed by atoms with van der Waals surface area (Å²) in [5, 5.41) is 6.04. The average Bonchev–Trinajstić information content (AvgIpc) is 2.66. The minimum atomic E-state index is -0.265. The molecule has 2 N–H and O–H groups in total. The van der Waals surface area contributed by atoms with Crippen LogP contribution in [0.5, 0.6) is 0 Å². The Labute approximate surface area is 165 Å². The van der Waals surface area contributed by atoms with Crippen molar-refractivity contribution in [2.24, 2.45) is 0 Å². The first-order valence-corrected chi connectivity index (χ1v) is 9.21. The standard InChI is InChI=1S/C22H25N5O/c1-15-12-19(27-21(25-15)24-14-16-6-5-11-23-13-16)20(28)26-18-9-7-17(8-10-18)22(2,3)4/h5-13H,14H2,1-4H3,(H,26,28)(H,24,25,27).